The van der Waals surface area contributed by atoms with Crippen LogP contribution in [0.15, 0.2) is 18.2 Å². The minimum atomic E-state index is -0.376. The number of hydrogen-bond acceptors (Lipinski definition) is 4. The topological polar surface area (TPSA) is 87.9 Å². The molecular formula is C12H16N4O3. The van der Waals surface area contributed by atoms with Gasteiger partial charge in [-0.15, -0.1) is 0 Å². The first-order chi connectivity index (χ1) is 9.02. The fraction of sp³-hybridized carbons (Fsp3) is 0.333. The molecule has 7 heteroatoms. The molecule has 2 rings (SSSR count). The van der Waals surface area contributed by atoms with Crippen molar-refractivity contribution in [2.24, 2.45) is 5.84 Å². The standard InChI is InChI=1S/C12H16N4O3/c1-15(12(18)14-13)6-8-3-4-10-9(5-8)16(2)11(17)7-19-10/h3-5H,6-7,13H2,1-2H3,(H,14,18). The largest absolute Gasteiger partial charge is 0.482 e. The molecule has 1 aromatic carbocycles. The van der Waals surface area contributed by atoms with E-state index in [4.69, 9.17) is 10.6 Å². The van der Waals surface area contributed by atoms with Gasteiger partial charge in [-0.1, -0.05) is 6.07 Å². The zero-order valence-electron chi connectivity index (χ0n) is 10.8. The van der Waals surface area contributed by atoms with Gasteiger partial charge in [-0.05, 0) is 17.7 Å². The molecular weight excluding hydrogens is 248 g/mol. The van der Waals surface area contributed by atoms with Crippen LogP contribution in [0, 0.1) is 0 Å². The lowest BCUT2D eigenvalue weighted by molar-refractivity contribution is -0.120. The van der Waals surface area contributed by atoms with Crippen LogP contribution in [0.5, 0.6) is 5.75 Å². The Morgan fingerprint density at radius 2 is 2.32 bits per heavy atom. The number of nitrogens with zero attached hydrogens (tertiary/aromatic N) is 2. The third-order valence-electron chi connectivity index (χ3n) is 3.00. The van der Waals surface area contributed by atoms with Crippen LogP contribution in [0.2, 0.25) is 0 Å². The average molecular weight is 264 g/mol. The summed E-state index contributed by atoms with van der Waals surface area (Å²) in [6, 6.07) is 5.09. The SMILES string of the molecule is CN(Cc1ccc2c(c1)N(C)C(=O)CO2)C(=O)NN. The number of likely N-dealkylation sites (N-methyl/N-ethyl adjacent to an activating group) is 1. The van der Waals surface area contributed by atoms with Crippen molar-refractivity contribution in [2.75, 3.05) is 25.6 Å². The molecule has 1 aromatic rings. The third kappa shape index (κ3) is 2.60. The van der Waals surface area contributed by atoms with Crippen LogP contribution in [0.4, 0.5) is 10.5 Å². The molecule has 1 heterocycles. The van der Waals surface area contributed by atoms with Crippen LogP contribution in [0.3, 0.4) is 0 Å². The van der Waals surface area contributed by atoms with E-state index in [1.165, 1.54) is 4.90 Å². The molecule has 0 aliphatic carbocycles. The normalized spacial score (nSPS) is 13.6. The second kappa shape index (κ2) is 5.15. The van der Waals surface area contributed by atoms with E-state index < -0.39 is 0 Å². The second-order valence-corrected chi connectivity index (χ2v) is 4.35. The minimum Gasteiger partial charge on any atom is -0.482 e. The maximum absolute atomic E-state index is 11.6. The van der Waals surface area contributed by atoms with E-state index in [9.17, 15) is 9.59 Å². The van der Waals surface area contributed by atoms with Gasteiger partial charge in [0, 0.05) is 20.6 Å². The number of hydrogen-bond donors (Lipinski definition) is 2. The lowest BCUT2D eigenvalue weighted by Gasteiger charge is -2.27. The Kier molecular flexibility index (Phi) is 3.57. The highest BCUT2D eigenvalue weighted by atomic mass is 16.5. The molecule has 7 nitrogen and oxygen atoms in total. The summed E-state index contributed by atoms with van der Waals surface area (Å²) in [4.78, 5) is 25.9. The molecule has 0 atom stereocenters. The number of benzene rings is 1. The molecule has 0 saturated carbocycles. The number of amides is 3. The predicted octanol–water partition coefficient (Wildman–Crippen LogP) is 0.0569. The van der Waals surface area contributed by atoms with Crippen LogP contribution in [0.25, 0.3) is 0 Å². The molecule has 0 saturated heterocycles. The highest BCUT2D eigenvalue weighted by molar-refractivity contribution is 5.97. The smallest absolute Gasteiger partial charge is 0.331 e. The van der Waals surface area contributed by atoms with E-state index in [-0.39, 0.29) is 18.5 Å². The van der Waals surface area contributed by atoms with E-state index in [2.05, 4.69) is 5.43 Å². The van der Waals surface area contributed by atoms with E-state index in [1.54, 1.807) is 25.1 Å². The first-order valence-electron chi connectivity index (χ1n) is 5.77. The van der Waals surface area contributed by atoms with Gasteiger partial charge in [0.05, 0.1) is 5.69 Å². The first-order valence-corrected chi connectivity index (χ1v) is 5.77. The van der Waals surface area contributed by atoms with Crippen LogP contribution in [0.1, 0.15) is 5.56 Å². The summed E-state index contributed by atoms with van der Waals surface area (Å²) in [5, 5.41) is 0. The number of carbonyl (C=O) groups is 2. The van der Waals surface area contributed by atoms with E-state index in [1.807, 2.05) is 12.1 Å². The summed E-state index contributed by atoms with van der Waals surface area (Å²) in [7, 11) is 3.33. The number of hydrazine groups is 1. The van der Waals surface area contributed by atoms with E-state index >= 15 is 0 Å². The van der Waals surface area contributed by atoms with Gasteiger partial charge in [0.25, 0.3) is 5.91 Å². The Labute approximate surface area is 110 Å². The number of rotatable bonds is 2. The van der Waals surface area contributed by atoms with Crippen molar-refractivity contribution in [3.63, 3.8) is 0 Å². The van der Waals surface area contributed by atoms with Gasteiger partial charge in [-0.2, -0.15) is 0 Å². The molecule has 3 N–H and O–H groups in total. The Balaban J connectivity index is 2.21. The third-order valence-corrected chi connectivity index (χ3v) is 3.00. The molecule has 1 aliphatic rings. The van der Waals surface area contributed by atoms with Crippen molar-refractivity contribution in [1.82, 2.24) is 10.3 Å². The number of nitrogens with two attached hydrogens (primary N) is 1. The molecule has 1 aliphatic heterocycles. The Morgan fingerprint density at radius 3 is 3.00 bits per heavy atom. The fourth-order valence-corrected chi connectivity index (χ4v) is 1.87. The van der Waals surface area contributed by atoms with Gasteiger partial charge in [-0.25, -0.2) is 10.6 Å². The number of carbonyl (C=O) groups excluding carboxylic acids is 2. The summed E-state index contributed by atoms with van der Waals surface area (Å²) in [6.07, 6.45) is 0. The molecule has 0 spiro atoms. The van der Waals surface area contributed by atoms with Crippen LogP contribution in [-0.2, 0) is 11.3 Å². The van der Waals surface area contributed by atoms with Gasteiger partial charge >= 0.3 is 6.03 Å². The number of nitrogens with one attached hydrogen (secondary N) is 1. The summed E-state index contributed by atoms with van der Waals surface area (Å²) in [5.74, 6) is 5.63. The Morgan fingerprint density at radius 1 is 1.58 bits per heavy atom. The molecule has 0 unspecified atom stereocenters. The van der Waals surface area contributed by atoms with Gasteiger partial charge in [0.15, 0.2) is 6.61 Å². The molecule has 0 radical (unpaired) electrons. The Hall–Kier alpha value is -2.28. The monoisotopic (exact) mass is 264 g/mol. The highest BCUT2D eigenvalue weighted by Gasteiger charge is 2.22. The average Bonchev–Trinajstić information content (AvgIpc) is 2.42. The number of ether oxygens (including phenoxy) is 1. The van der Waals surface area contributed by atoms with E-state index in [0.717, 1.165) is 5.56 Å². The maximum Gasteiger partial charge on any atom is 0.331 e. The Bertz CT molecular complexity index is 518. The van der Waals surface area contributed by atoms with Crippen molar-refractivity contribution in [2.45, 2.75) is 6.54 Å². The minimum absolute atomic E-state index is 0.0539. The summed E-state index contributed by atoms with van der Waals surface area (Å²) >= 11 is 0. The number of anilines is 1. The maximum atomic E-state index is 11.6. The van der Waals surface area contributed by atoms with Gasteiger partial charge in [-0.3, -0.25) is 10.2 Å². The zero-order chi connectivity index (χ0) is 14.0. The van der Waals surface area contributed by atoms with Crippen LogP contribution in [-0.4, -0.2) is 37.5 Å². The zero-order valence-corrected chi connectivity index (χ0v) is 10.8. The fourth-order valence-electron chi connectivity index (χ4n) is 1.87. The van der Waals surface area contributed by atoms with Crippen LogP contribution < -0.4 is 20.9 Å². The van der Waals surface area contributed by atoms with Crippen molar-refractivity contribution >= 4 is 17.6 Å². The van der Waals surface area contributed by atoms with E-state index in [0.29, 0.717) is 18.0 Å². The quantitative estimate of drug-likeness (QED) is 0.449. The highest BCUT2D eigenvalue weighted by Crippen LogP contribution is 2.32. The molecule has 0 aromatic heterocycles. The molecule has 3 amide bonds. The summed E-state index contributed by atoms with van der Waals surface area (Å²) in [5.41, 5.74) is 3.65. The van der Waals surface area contributed by atoms with Gasteiger partial charge in [0.2, 0.25) is 0 Å². The molecule has 102 valence electrons. The van der Waals surface area contributed by atoms with Crippen molar-refractivity contribution in [3.8, 4) is 5.75 Å². The summed E-state index contributed by atoms with van der Waals surface area (Å²) < 4.78 is 5.33. The molecule has 19 heavy (non-hydrogen) atoms. The molecule has 0 bridgehead atoms. The van der Waals surface area contributed by atoms with Crippen molar-refractivity contribution in [1.29, 1.82) is 0 Å². The van der Waals surface area contributed by atoms with Crippen LogP contribution >= 0.6 is 0 Å². The lowest BCUT2D eigenvalue weighted by atomic mass is 10.1. The van der Waals surface area contributed by atoms with Gasteiger partial charge in [0.1, 0.15) is 5.75 Å². The second-order valence-electron chi connectivity index (χ2n) is 4.35. The lowest BCUT2D eigenvalue weighted by Crippen LogP contribution is -2.40. The number of fused-ring (bicyclic) bond motifs is 1. The van der Waals surface area contributed by atoms with Crippen molar-refractivity contribution < 1.29 is 14.3 Å². The number of urea groups is 1. The first kappa shape index (κ1) is 13.2. The predicted molar refractivity (Wildman–Crippen MR) is 69.5 cm³/mol. The van der Waals surface area contributed by atoms with Gasteiger partial charge < -0.3 is 14.5 Å². The molecule has 0 fully saturated rings. The summed E-state index contributed by atoms with van der Waals surface area (Å²) in [6.45, 7) is 0.441. The van der Waals surface area contributed by atoms with Crippen molar-refractivity contribution in [3.05, 3.63) is 23.8 Å².